The summed E-state index contributed by atoms with van der Waals surface area (Å²) in [6.07, 6.45) is 3.51. The van der Waals surface area contributed by atoms with Gasteiger partial charge in [-0.15, -0.1) is 11.3 Å². The number of hydrogen-bond acceptors (Lipinski definition) is 4. The van der Waals surface area contributed by atoms with Gasteiger partial charge in [0.05, 0.1) is 24.5 Å². The second kappa shape index (κ2) is 5.29. The Kier molecular flexibility index (Phi) is 3.76. The molecular formula is C13H16N2OS. The van der Waals surface area contributed by atoms with E-state index in [2.05, 4.69) is 34.3 Å². The van der Waals surface area contributed by atoms with E-state index in [4.69, 9.17) is 0 Å². The van der Waals surface area contributed by atoms with Crippen LogP contribution in [0.1, 0.15) is 23.4 Å². The molecule has 0 aromatic carbocycles. The van der Waals surface area contributed by atoms with Crippen LogP contribution in [0.5, 0.6) is 0 Å². The largest absolute Gasteiger partial charge is 0.392 e. The number of thiophene rings is 1. The molecule has 0 bridgehead atoms. The van der Waals surface area contributed by atoms with Gasteiger partial charge in [-0.2, -0.15) is 0 Å². The molecular weight excluding hydrogens is 232 g/mol. The highest BCUT2D eigenvalue weighted by atomic mass is 32.1. The number of aromatic nitrogens is 1. The molecule has 2 aromatic heterocycles. The third kappa shape index (κ3) is 2.48. The van der Waals surface area contributed by atoms with Crippen LogP contribution in [-0.4, -0.2) is 17.1 Å². The Morgan fingerprint density at radius 1 is 1.47 bits per heavy atom. The highest BCUT2D eigenvalue weighted by molar-refractivity contribution is 7.10. The van der Waals surface area contributed by atoms with E-state index < -0.39 is 0 Å². The van der Waals surface area contributed by atoms with Crippen LogP contribution in [-0.2, 0) is 6.61 Å². The first-order chi connectivity index (χ1) is 8.24. The predicted molar refractivity (Wildman–Crippen MR) is 71.3 cm³/mol. The summed E-state index contributed by atoms with van der Waals surface area (Å²) in [5.74, 6) is 0. The monoisotopic (exact) mass is 248 g/mol. The summed E-state index contributed by atoms with van der Waals surface area (Å²) < 4.78 is 0. The zero-order chi connectivity index (χ0) is 12.3. The smallest absolute Gasteiger partial charge is 0.0703 e. The van der Waals surface area contributed by atoms with Gasteiger partial charge >= 0.3 is 0 Å². The van der Waals surface area contributed by atoms with E-state index >= 15 is 0 Å². The Hall–Kier alpha value is -1.39. The lowest BCUT2D eigenvalue weighted by Crippen LogP contribution is -2.22. The predicted octanol–water partition coefficient (Wildman–Crippen LogP) is 2.83. The molecule has 1 unspecified atom stereocenters. The van der Waals surface area contributed by atoms with E-state index in [1.165, 1.54) is 4.88 Å². The van der Waals surface area contributed by atoms with Crippen LogP contribution in [0, 0.1) is 0 Å². The first-order valence-corrected chi connectivity index (χ1v) is 6.42. The van der Waals surface area contributed by atoms with E-state index in [0.29, 0.717) is 0 Å². The number of aliphatic hydroxyl groups is 1. The van der Waals surface area contributed by atoms with Crippen molar-refractivity contribution >= 4 is 17.0 Å². The van der Waals surface area contributed by atoms with Crippen molar-refractivity contribution in [2.24, 2.45) is 0 Å². The van der Waals surface area contributed by atoms with Crippen molar-refractivity contribution in [3.63, 3.8) is 0 Å². The minimum atomic E-state index is 0.0410. The molecule has 4 heteroatoms. The van der Waals surface area contributed by atoms with Gasteiger partial charge in [-0.1, -0.05) is 6.07 Å². The van der Waals surface area contributed by atoms with Gasteiger partial charge in [0.2, 0.25) is 0 Å². The van der Waals surface area contributed by atoms with Crippen molar-refractivity contribution < 1.29 is 5.11 Å². The van der Waals surface area contributed by atoms with Crippen molar-refractivity contribution in [2.45, 2.75) is 19.6 Å². The molecule has 2 aromatic rings. The molecule has 2 heterocycles. The van der Waals surface area contributed by atoms with Crippen molar-refractivity contribution in [1.82, 2.24) is 4.98 Å². The summed E-state index contributed by atoms with van der Waals surface area (Å²) in [6.45, 7) is 2.19. The van der Waals surface area contributed by atoms with E-state index in [9.17, 15) is 5.11 Å². The minimum Gasteiger partial charge on any atom is -0.392 e. The van der Waals surface area contributed by atoms with Crippen molar-refractivity contribution in [1.29, 1.82) is 0 Å². The van der Waals surface area contributed by atoms with E-state index in [0.717, 1.165) is 11.3 Å². The highest BCUT2D eigenvalue weighted by Gasteiger charge is 2.15. The van der Waals surface area contributed by atoms with Crippen LogP contribution < -0.4 is 4.90 Å². The minimum absolute atomic E-state index is 0.0410. The average molecular weight is 248 g/mol. The molecule has 0 aliphatic heterocycles. The SMILES string of the molecule is CC(c1cccs1)N(C)c1cnccc1CO. The van der Waals surface area contributed by atoms with E-state index in [1.807, 2.05) is 13.1 Å². The Morgan fingerprint density at radius 2 is 2.29 bits per heavy atom. The Labute approximate surface area is 105 Å². The Balaban J connectivity index is 2.27. The van der Waals surface area contributed by atoms with Gasteiger partial charge in [-0.05, 0) is 24.4 Å². The number of nitrogens with zero attached hydrogens (tertiary/aromatic N) is 2. The maximum Gasteiger partial charge on any atom is 0.0703 e. The number of rotatable bonds is 4. The van der Waals surface area contributed by atoms with Crippen LogP contribution in [0.2, 0.25) is 0 Å². The molecule has 0 radical (unpaired) electrons. The number of anilines is 1. The molecule has 0 fully saturated rings. The van der Waals surface area contributed by atoms with Gasteiger partial charge in [0.15, 0.2) is 0 Å². The normalized spacial score (nSPS) is 12.4. The molecule has 2 rings (SSSR count). The number of hydrogen-bond donors (Lipinski definition) is 1. The molecule has 1 N–H and O–H groups in total. The summed E-state index contributed by atoms with van der Waals surface area (Å²) in [6, 6.07) is 6.32. The molecule has 0 saturated carbocycles. The van der Waals surface area contributed by atoms with Crippen LogP contribution in [0.3, 0.4) is 0 Å². The molecule has 1 atom stereocenters. The van der Waals surface area contributed by atoms with Gasteiger partial charge in [0.25, 0.3) is 0 Å². The first kappa shape index (κ1) is 12.1. The molecule has 0 saturated heterocycles. The highest BCUT2D eigenvalue weighted by Crippen LogP contribution is 2.29. The number of aliphatic hydroxyl groups excluding tert-OH is 1. The lowest BCUT2D eigenvalue weighted by Gasteiger charge is -2.27. The van der Waals surface area contributed by atoms with Crippen LogP contribution in [0.15, 0.2) is 36.0 Å². The molecule has 17 heavy (non-hydrogen) atoms. The molecule has 0 spiro atoms. The third-order valence-electron chi connectivity index (χ3n) is 2.97. The van der Waals surface area contributed by atoms with Crippen LogP contribution in [0.25, 0.3) is 0 Å². The molecule has 90 valence electrons. The fourth-order valence-electron chi connectivity index (χ4n) is 1.79. The lowest BCUT2D eigenvalue weighted by atomic mass is 10.1. The summed E-state index contributed by atoms with van der Waals surface area (Å²) >= 11 is 1.74. The molecule has 0 aliphatic rings. The number of pyridine rings is 1. The van der Waals surface area contributed by atoms with Crippen LogP contribution in [0.4, 0.5) is 5.69 Å². The van der Waals surface area contributed by atoms with Gasteiger partial charge in [0, 0.05) is 23.7 Å². The molecule has 3 nitrogen and oxygen atoms in total. The quantitative estimate of drug-likeness (QED) is 0.904. The van der Waals surface area contributed by atoms with Gasteiger partial charge in [-0.3, -0.25) is 4.98 Å². The fraction of sp³-hybridized carbons (Fsp3) is 0.308. The summed E-state index contributed by atoms with van der Waals surface area (Å²) in [5, 5.41) is 11.4. The average Bonchev–Trinajstić information content (AvgIpc) is 2.90. The fourth-order valence-corrected chi connectivity index (χ4v) is 2.62. The van der Waals surface area contributed by atoms with Gasteiger partial charge in [-0.25, -0.2) is 0 Å². The standard InChI is InChI=1S/C13H16N2OS/c1-10(13-4-3-7-17-13)15(2)12-8-14-6-5-11(12)9-16/h3-8,10,16H,9H2,1-2H3. The Morgan fingerprint density at radius 3 is 2.94 bits per heavy atom. The zero-order valence-corrected chi connectivity index (χ0v) is 10.8. The summed E-state index contributed by atoms with van der Waals surface area (Å²) in [4.78, 5) is 7.58. The molecule has 0 aliphatic carbocycles. The first-order valence-electron chi connectivity index (χ1n) is 5.54. The Bertz CT molecular complexity index is 470. The second-order valence-corrected chi connectivity index (χ2v) is 4.94. The summed E-state index contributed by atoms with van der Waals surface area (Å²) in [5.41, 5.74) is 1.89. The second-order valence-electron chi connectivity index (χ2n) is 3.96. The van der Waals surface area contributed by atoms with Crippen molar-refractivity contribution in [2.75, 3.05) is 11.9 Å². The van der Waals surface area contributed by atoms with Crippen molar-refractivity contribution in [3.05, 3.63) is 46.4 Å². The van der Waals surface area contributed by atoms with Gasteiger partial charge in [0.1, 0.15) is 0 Å². The van der Waals surface area contributed by atoms with E-state index in [1.54, 1.807) is 23.7 Å². The lowest BCUT2D eigenvalue weighted by molar-refractivity contribution is 0.282. The third-order valence-corrected chi connectivity index (χ3v) is 4.02. The van der Waals surface area contributed by atoms with E-state index in [-0.39, 0.29) is 12.6 Å². The summed E-state index contributed by atoms with van der Waals surface area (Å²) in [7, 11) is 2.03. The molecule has 0 amide bonds. The maximum atomic E-state index is 9.33. The topological polar surface area (TPSA) is 36.4 Å². The maximum absolute atomic E-state index is 9.33. The van der Waals surface area contributed by atoms with Gasteiger partial charge < -0.3 is 10.0 Å². The van der Waals surface area contributed by atoms with Crippen molar-refractivity contribution in [3.8, 4) is 0 Å². The van der Waals surface area contributed by atoms with Crippen LogP contribution >= 0.6 is 11.3 Å². The zero-order valence-electron chi connectivity index (χ0n) is 10.00.